The molecule has 0 radical (unpaired) electrons. The second-order valence-electron chi connectivity index (χ2n) is 7.51. The van der Waals surface area contributed by atoms with Crippen molar-refractivity contribution in [1.29, 1.82) is 0 Å². The lowest BCUT2D eigenvalue weighted by atomic mass is 10.1. The number of aromatic nitrogens is 4. The number of fused-ring (bicyclic) bond motifs is 1. The summed E-state index contributed by atoms with van der Waals surface area (Å²) in [5.74, 6) is 0.341. The smallest absolute Gasteiger partial charge is 0.351 e. The molecule has 10 heteroatoms. The van der Waals surface area contributed by atoms with Gasteiger partial charge < -0.3 is 19.4 Å². The number of nitrogen functional groups attached to an aromatic ring is 1. The number of nitrogens with two attached hydrogens (primary N) is 1. The number of hydrogen-bond donors (Lipinski definition) is 1. The summed E-state index contributed by atoms with van der Waals surface area (Å²) in [6.45, 7) is 5.40. The van der Waals surface area contributed by atoms with Gasteiger partial charge in [0.15, 0.2) is 6.61 Å². The lowest BCUT2D eigenvalue weighted by Crippen LogP contribution is -2.06. The van der Waals surface area contributed by atoms with Crippen LogP contribution in [0.2, 0.25) is 0 Å². The molecule has 0 saturated carbocycles. The van der Waals surface area contributed by atoms with Crippen LogP contribution < -0.4 is 5.73 Å². The summed E-state index contributed by atoms with van der Waals surface area (Å²) < 4.78 is 16.5. The van der Waals surface area contributed by atoms with Gasteiger partial charge in [-0.05, 0) is 32.4 Å². The number of pyridine rings is 1. The molecule has 0 fully saturated rings. The predicted octanol–water partition coefficient (Wildman–Crippen LogP) is 4.87. The summed E-state index contributed by atoms with van der Waals surface area (Å²) in [5, 5.41) is 13.0. The third-order valence-electron chi connectivity index (χ3n) is 5.13. The number of rotatable bonds is 5. The highest BCUT2D eigenvalue weighted by Crippen LogP contribution is 2.36. The zero-order valence-electron chi connectivity index (χ0n) is 18.1. The zero-order chi connectivity index (χ0) is 23.1. The Morgan fingerprint density at radius 3 is 2.73 bits per heavy atom. The van der Waals surface area contributed by atoms with Gasteiger partial charge in [-0.2, -0.15) is 0 Å². The Kier molecular flexibility index (Phi) is 5.14. The molecule has 2 N–H and O–H groups in total. The lowest BCUT2D eigenvalue weighted by molar-refractivity contribution is 0.0445. The quantitative estimate of drug-likeness (QED) is 0.364. The molecular weight excluding hydrogens is 442 g/mol. The van der Waals surface area contributed by atoms with Crippen LogP contribution in [0.4, 0.5) is 5.69 Å². The summed E-state index contributed by atoms with van der Waals surface area (Å²) in [5.41, 5.74) is 10.4. The largest absolute Gasteiger partial charge is 0.451 e. The number of thiophene rings is 1. The summed E-state index contributed by atoms with van der Waals surface area (Å²) >= 11 is 1.20. The first-order valence-corrected chi connectivity index (χ1v) is 10.9. The number of esters is 1. The molecule has 33 heavy (non-hydrogen) atoms. The van der Waals surface area contributed by atoms with Crippen molar-refractivity contribution < 1.29 is 18.5 Å². The Morgan fingerprint density at radius 2 is 1.94 bits per heavy atom. The van der Waals surface area contributed by atoms with E-state index in [1.807, 2.05) is 50.2 Å². The standard InChI is InChI=1S/C23H19N5O4S/c1-11-9-12(2)25-22-16(11)18(24)20(33-22)23(29)30-10-15-26-27-21(31-15)17-13(3)32-28-19(17)14-7-5-4-6-8-14/h4-9H,10,24H2,1-3H3. The topological polar surface area (TPSA) is 130 Å². The van der Waals surface area contributed by atoms with Crippen LogP contribution in [0.3, 0.4) is 0 Å². The Morgan fingerprint density at radius 1 is 1.15 bits per heavy atom. The van der Waals surface area contributed by atoms with E-state index < -0.39 is 5.97 Å². The van der Waals surface area contributed by atoms with Crippen molar-refractivity contribution in [3.05, 3.63) is 64.2 Å². The fourth-order valence-corrected chi connectivity index (χ4v) is 4.75. The van der Waals surface area contributed by atoms with Gasteiger partial charge in [-0.1, -0.05) is 35.5 Å². The molecule has 4 aromatic heterocycles. The maximum absolute atomic E-state index is 12.7. The van der Waals surface area contributed by atoms with Crippen LogP contribution in [-0.2, 0) is 11.3 Å². The van der Waals surface area contributed by atoms with Gasteiger partial charge in [0.2, 0.25) is 0 Å². The Hall–Kier alpha value is -4.05. The third kappa shape index (κ3) is 3.74. The van der Waals surface area contributed by atoms with Crippen molar-refractivity contribution in [3.63, 3.8) is 0 Å². The molecule has 0 unspecified atom stereocenters. The number of carbonyl (C=O) groups excluding carboxylic acids is 1. The summed E-state index contributed by atoms with van der Waals surface area (Å²) in [6.07, 6.45) is 0. The van der Waals surface area contributed by atoms with Crippen LogP contribution in [0.1, 0.15) is 32.6 Å². The monoisotopic (exact) mass is 461 g/mol. The van der Waals surface area contributed by atoms with Crippen LogP contribution >= 0.6 is 11.3 Å². The maximum Gasteiger partial charge on any atom is 0.351 e. The highest BCUT2D eigenvalue weighted by Gasteiger charge is 2.24. The number of aryl methyl sites for hydroxylation is 3. The highest BCUT2D eigenvalue weighted by atomic mass is 32.1. The number of hydrogen-bond acceptors (Lipinski definition) is 10. The van der Waals surface area contributed by atoms with Crippen molar-refractivity contribution in [2.45, 2.75) is 27.4 Å². The van der Waals surface area contributed by atoms with Gasteiger partial charge in [-0.3, -0.25) is 0 Å². The minimum atomic E-state index is -0.571. The minimum absolute atomic E-state index is 0.141. The molecule has 4 heterocycles. The second kappa shape index (κ2) is 8.14. The van der Waals surface area contributed by atoms with Gasteiger partial charge >= 0.3 is 5.97 Å². The zero-order valence-corrected chi connectivity index (χ0v) is 18.9. The summed E-state index contributed by atoms with van der Waals surface area (Å²) in [4.78, 5) is 18.2. The van der Waals surface area contributed by atoms with E-state index in [2.05, 4.69) is 20.3 Å². The fraction of sp³-hybridized carbons (Fsp3) is 0.174. The molecule has 5 aromatic rings. The van der Waals surface area contributed by atoms with Crippen molar-refractivity contribution in [2.24, 2.45) is 0 Å². The van der Waals surface area contributed by atoms with Crippen molar-refractivity contribution >= 4 is 33.2 Å². The molecule has 0 spiro atoms. The van der Waals surface area contributed by atoms with Gasteiger partial charge in [-0.25, -0.2) is 9.78 Å². The fourth-order valence-electron chi connectivity index (χ4n) is 3.64. The molecule has 0 bridgehead atoms. The van der Waals surface area contributed by atoms with Crippen LogP contribution in [-0.4, -0.2) is 26.3 Å². The van der Waals surface area contributed by atoms with Crippen molar-refractivity contribution in [3.8, 4) is 22.7 Å². The van der Waals surface area contributed by atoms with Gasteiger partial charge in [0, 0.05) is 16.6 Å². The van der Waals surface area contributed by atoms with E-state index in [9.17, 15) is 4.79 Å². The van der Waals surface area contributed by atoms with Gasteiger partial charge in [-0.15, -0.1) is 21.5 Å². The first kappa shape index (κ1) is 20.8. The Balaban J connectivity index is 1.37. The summed E-state index contributed by atoms with van der Waals surface area (Å²) in [7, 11) is 0. The maximum atomic E-state index is 12.7. The number of nitrogens with zero attached hydrogens (tertiary/aromatic N) is 4. The Labute approximate surface area is 192 Å². The SMILES string of the molecule is Cc1cc(C)c2c(N)c(C(=O)OCc3nnc(-c4c(-c5ccccc5)noc4C)o3)sc2n1. The van der Waals surface area contributed by atoms with E-state index in [0.29, 0.717) is 32.4 Å². The van der Waals surface area contributed by atoms with E-state index in [4.69, 9.17) is 19.4 Å². The first-order valence-electron chi connectivity index (χ1n) is 10.1. The van der Waals surface area contributed by atoms with E-state index in [1.54, 1.807) is 6.92 Å². The third-order valence-corrected chi connectivity index (χ3v) is 6.21. The van der Waals surface area contributed by atoms with Gasteiger partial charge in [0.1, 0.15) is 26.7 Å². The molecular formula is C23H19N5O4S. The van der Waals surface area contributed by atoms with E-state index in [1.165, 1.54) is 11.3 Å². The minimum Gasteiger partial charge on any atom is -0.451 e. The molecule has 5 rings (SSSR count). The van der Waals surface area contributed by atoms with E-state index in [0.717, 1.165) is 22.2 Å². The molecule has 0 saturated heterocycles. The second-order valence-corrected chi connectivity index (χ2v) is 8.51. The number of anilines is 1. The van der Waals surface area contributed by atoms with Crippen LogP contribution in [0.5, 0.6) is 0 Å². The first-order chi connectivity index (χ1) is 15.9. The molecule has 0 aliphatic carbocycles. The van der Waals surface area contributed by atoms with Crippen LogP contribution in [0, 0.1) is 20.8 Å². The van der Waals surface area contributed by atoms with E-state index >= 15 is 0 Å². The molecule has 0 aliphatic heterocycles. The van der Waals surface area contributed by atoms with Crippen molar-refractivity contribution in [2.75, 3.05) is 5.73 Å². The average Bonchev–Trinajstić information content (AvgIpc) is 3.49. The normalized spacial score (nSPS) is 11.2. The highest BCUT2D eigenvalue weighted by molar-refractivity contribution is 7.21. The van der Waals surface area contributed by atoms with Crippen LogP contribution in [0.15, 0.2) is 45.3 Å². The predicted molar refractivity (Wildman–Crippen MR) is 123 cm³/mol. The number of benzene rings is 1. The van der Waals surface area contributed by atoms with E-state index in [-0.39, 0.29) is 18.4 Å². The molecule has 1 aromatic carbocycles. The Bertz CT molecular complexity index is 1490. The molecule has 0 amide bonds. The number of ether oxygens (including phenoxy) is 1. The molecule has 0 aliphatic rings. The van der Waals surface area contributed by atoms with Gasteiger partial charge in [0.25, 0.3) is 11.8 Å². The van der Waals surface area contributed by atoms with Crippen molar-refractivity contribution in [1.82, 2.24) is 20.3 Å². The lowest BCUT2D eigenvalue weighted by Gasteiger charge is -2.02. The van der Waals surface area contributed by atoms with Crippen LogP contribution in [0.25, 0.3) is 32.9 Å². The molecule has 9 nitrogen and oxygen atoms in total. The average molecular weight is 462 g/mol. The molecule has 0 atom stereocenters. The summed E-state index contributed by atoms with van der Waals surface area (Å²) in [6, 6.07) is 11.5. The molecule has 166 valence electrons. The number of carbonyl (C=O) groups is 1. The van der Waals surface area contributed by atoms with Gasteiger partial charge in [0.05, 0.1) is 5.69 Å².